The predicted molar refractivity (Wildman–Crippen MR) is 82.7 cm³/mol. The number of carbonyl (C=O) groups excluding carboxylic acids is 2. The van der Waals surface area contributed by atoms with Crippen molar-refractivity contribution in [1.82, 2.24) is 5.32 Å². The molecule has 1 unspecified atom stereocenters. The summed E-state index contributed by atoms with van der Waals surface area (Å²) in [6.07, 6.45) is 0. The second-order valence-corrected chi connectivity index (χ2v) is 5.32. The van der Waals surface area contributed by atoms with Crippen LogP contribution in [-0.2, 0) is 9.53 Å². The van der Waals surface area contributed by atoms with Crippen molar-refractivity contribution in [2.75, 3.05) is 6.61 Å². The second-order valence-electron chi connectivity index (χ2n) is 5.32. The molecule has 0 saturated heterocycles. The standard InChI is InChI=1S/C17H23NO3/c1-6-21-17(20)15(11(2)3)13(5)18-16(19)14-9-7-12(4)8-10-14/h7-11,15H,5-6H2,1-4H3,(H,18,19). The van der Waals surface area contributed by atoms with Crippen molar-refractivity contribution >= 4 is 11.9 Å². The summed E-state index contributed by atoms with van der Waals surface area (Å²) < 4.78 is 5.04. The van der Waals surface area contributed by atoms with Crippen molar-refractivity contribution in [2.45, 2.75) is 27.7 Å². The van der Waals surface area contributed by atoms with Gasteiger partial charge in [0.2, 0.25) is 0 Å². The zero-order valence-electron chi connectivity index (χ0n) is 13.1. The highest BCUT2D eigenvalue weighted by Crippen LogP contribution is 2.19. The van der Waals surface area contributed by atoms with Crippen molar-refractivity contribution in [3.63, 3.8) is 0 Å². The van der Waals surface area contributed by atoms with Gasteiger partial charge >= 0.3 is 5.97 Å². The molecule has 114 valence electrons. The lowest BCUT2D eigenvalue weighted by Crippen LogP contribution is -2.34. The van der Waals surface area contributed by atoms with Gasteiger partial charge in [-0.25, -0.2) is 0 Å². The molecule has 0 saturated carbocycles. The van der Waals surface area contributed by atoms with E-state index in [-0.39, 0.29) is 17.8 Å². The Hall–Kier alpha value is -2.10. The van der Waals surface area contributed by atoms with E-state index < -0.39 is 5.92 Å². The third kappa shape index (κ3) is 4.74. The average molecular weight is 289 g/mol. The summed E-state index contributed by atoms with van der Waals surface area (Å²) in [7, 11) is 0. The first-order chi connectivity index (χ1) is 9.86. The highest BCUT2D eigenvalue weighted by atomic mass is 16.5. The van der Waals surface area contributed by atoms with Crippen molar-refractivity contribution in [1.29, 1.82) is 0 Å². The molecule has 0 heterocycles. The molecule has 0 fully saturated rings. The summed E-state index contributed by atoms with van der Waals surface area (Å²) in [5.74, 6) is -1.18. The number of nitrogens with one attached hydrogen (secondary N) is 1. The van der Waals surface area contributed by atoms with Gasteiger partial charge in [-0.05, 0) is 31.9 Å². The van der Waals surface area contributed by atoms with Gasteiger partial charge in [-0.3, -0.25) is 9.59 Å². The van der Waals surface area contributed by atoms with Gasteiger partial charge in [0.25, 0.3) is 5.91 Å². The van der Waals surface area contributed by atoms with E-state index in [9.17, 15) is 9.59 Å². The molecule has 1 amide bonds. The largest absolute Gasteiger partial charge is 0.465 e. The number of rotatable bonds is 6. The lowest BCUT2D eigenvalue weighted by molar-refractivity contribution is -0.148. The zero-order chi connectivity index (χ0) is 16.0. The maximum atomic E-state index is 12.1. The van der Waals surface area contributed by atoms with Gasteiger partial charge in [-0.15, -0.1) is 0 Å². The number of esters is 1. The van der Waals surface area contributed by atoms with E-state index >= 15 is 0 Å². The fraction of sp³-hybridized carbons (Fsp3) is 0.412. The summed E-state index contributed by atoms with van der Waals surface area (Å²) in [5, 5.41) is 2.70. The quantitative estimate of drug-likeness (QED) is 0.819. The lowest BCUT2D eigenvalue weighted by Gasteiger charge is -2.22. The molecular weight excluding hydrogens is 266 g/mol. The maximum Gasteiger partial charge on any atom is 0.315 e. The molecule has 0 aromatic heterocycles. The number of amides is 1. The Bertz CT molecular complexity index is 517. The minimum absolute atomic E-state index is 0.00475. The Morgan fingerprint density at radius 1 is 1.24 bits per heavy atom. The maximum absolute atomic E-state index is 12.1. The number of ether oxygens (including phenoxy) is 1. The van der Waals surface area contributed by atoms with Crippen LogP contribution in [0.5, 0.6) is 0 Å². The van der Waals surface area contributed by atoms with Gasteiger partial charge in [0.15, 0.2) is 0 Å². The molecule has 4 nitrogen and oxygen atoms in total. The topological polar surface area (TPSA) is 55.4 Å². The van der Waals surface area contributed by atoms with Crippen molar-refractivity contribution < 1.29 is 14.3 Å². The molecule has 1 aromatic rings. The van der Waals surface area contributed by atoms with E-state index in [0.29, 0.717) is 17.9 Å². The smallest absolute Gasteiger partial charge is 0.315 e. The fourth-order valence-electron chi connectivity index (χ4n) is 2.05. The molecule has 0 bridgehead atoms. The minimum Gasteiger partial charge on any atom is -0.465 e. The summed E-state index contributed by atoms with van der Waals surface area (Å²) in [5.41, 5.74) is 1.99. The molecule has 21 heavy (non-hydrogen) atoms. The minimum atomic E-state index is -0.542. The molecule has 4 heteroatoms. The Labute approximate surface area is 126 Å². The first-order valence-electron chi connectivity index (χ1n) is 7.10. The monoisotopic (exact) mass is 289 g/mol. The number of benzene rings is 1. The average Bonchev–Trinajstić information content (AvgIpc) is 2.39. The van der Waals surface area contributed by atoms with Crippen LogP contribution in [0.25, 0.3) is 0 Å². The van der Waals surface area contributed by atoms with Gasteiger partial charge in [0.05, 0.1) is 12.5 Å². The third-order valence-corrected chi connectivity index (χ3v) is 3.17. The van der Waals surface area contributed by atoms with Crippen LogP contribution in [0.4, 0.5) is 0 Å². The Kier molecular flexibility index (Phi) is 6.15. The Morgan fingerprint density at radius 3 is 2.29 bits per heavy atom. The van der Waals surface area contributed by atoms with Crippen LogP contribution < -0.4 is 5.32 Å². The van der Waals surface area contributed by atoms with Gasteiger partial charge in [0.1, 0.15) is 0 Å². The van der Waals surface area contributed by atoms with E-state index in [1.807, 2.05) is 32.9 Å². The molecule has 1 atom stereocenters. The molecule has 1 aromatic carbocycles. The second kappa shape index (κ2) is 7.62. The molecule has 0 aliphatic heterocycles. The molecule has 0 aliphatic carbocycles. The lowest BCUT2D eigenvalue weighted by atomic mass is 9.93. The van der Waals surface area contributed by atoms with Crippen LogP contribution in [0.3, 0.4) is 0 Å². The number of hydrogen-bond acceptors (Lipinski definition) is 3. The molecule has 1 N–H and O–H groups in total. The van der Waals surface area contributed by atoms with Crippen LogP contribution in [0.15, 0.2) is 36.5 Å². The van der Waals surface area contributed by atoms with E-state index in [1.165, 1.54) is 0 Å². The number of hydrogen-bond donors (Lipinski definition) is 1. The summed E-state index contributed by atoms with van der Waals surface area (Å²) in [6.45, 7) is 11.6. The fourth-order valence-corrected chi connectivity index (χ4v) is 2.05. The zero-order valence-corrected chi connectivity index (χ0v) is 13.1. The summed E-state index contributed by atoms with van der Waals surface area (Å²) in [6, 6.07) is 7.21. The van der Waals surface area contributed by atoms with Gasteiger partial charge in [-0.1, -0.05) is 38.1 Å². The molecular formula is C17H23NO3. The van der Waals surface area contributed by atoms with Gasteiger partial charge in [-0.2, -0.15) is 0 Å². The highest BCUT2D eigenvalue weighted by molar-refractivity contribution is 5.96. The van der Waals surface area contributed by atoms with Crippen molar-refractivity contribution in [2.24, 2.45) is 11.8 Å². The van der Waals surface area contributed by atoms with Crippen LogP contribution in [0.1, 0.15) is 36.7 Å². The SMILES string of the molecule is C=C(NC(=O)c1ccc(C)cc1)C(C(=O)OCC)C(C)C. The predicted octanol–water partition coefficient (Wildman–Crippen LogP) is 3.07. The van der Waals surface area contributed by atoms with Crippen LogP contribution in [-0.4, -0.2) is 18.5 Å². The molecule has 0 spiro atoms. The molecule has 0 aliphatic rings. The summed E-state index contributed by atoms with van der Waals surface area (Å²) in [4.78, 5) is 24.1. The molecule has 0 radical (unpaired) electrons. The van der Waals surface area contributed by atoms with E-state index in [1.54, 1.807) is 19.1 Å². The Balaban J connectivity index is 2.79. The van der Waals surface area contributed by atoms with Gasteiger partial charge < -0.3 is 10.1 Å². The summed E-state index contributed by atoms with van der Waals surface area (Å²) >= 11 is 0. The number of carbonyl (C=O) groups is 2. The van der Waals surface area contributed by atoms with Crippen molar-refractivity contribution in [3.8, 4) is 0 Å². The van der Waals surface area contributed by atoms with E-state index in [0.717, 1.165) is 5.56 Å². The van der Waals surface area contributed by atoms with E-state index in [4.69, 9.17) is 4.74 Å². The van der Waals surface area contributed by atoms with Crippen LogP contribution in [0, 0.1) is 18.8 Å². The van der Waals surface area contributed by atoms with E-state index in [2.05, 4.69) is 11.9 Å². The highest BCUT2D eigenvalue weighted by Gasteiger charge is 2.27. The van der Waals surface area contributed by atoms with Crippen LogP contribution >= 0.6 is 0 Å². The van der Waals surface area contributed by atoms with Crippen LogP contribution in [0.2, 0.25) is 0 Å². The normalized spacial score (nSPS) is 11.9. The molecule has 1 rings (SSSR count). The third-order valence-electron chi connectivity index (χ3n) is 3.17. The first kappa shape index (κ1) is 17.0. The Morgan fingerprint density at radius 2 is 1.81 bits per heavy atom. The number of aryl methyl sites for hydroxylation is 1. The van der Waals surface area contributed by atoms with Crippen molar-refractivity contribution in [3.05, 3.63) is 47.7 Å². The first-order valence-corrected chi connectivity index (χ1v) is 7.10. The van der Waals surface area contributed by atoms with Gasteiger partial charge in [0, 0.05) is 11.3 Å².